The minimum atomic E-state index is -0.524. The number of fused-ring (bicyclic) bond motifs is 3. The van der Waals surface area contributed by atoms with Gasteiger partial charge in [-0.3, -0.25) is 14.4 Å². The molecule has 0 unspecified atom stereocenters. The SMILES string of the molecule is CN(Cc1nc2ccccc2c(=O)[nH]1)C(=O)[C@@H]1C[C@@H]2CCCC[C@@H]2N1C(=O)c1ccc2ccccc2c1. The summed E-state index contributed by atoms with van der Waals surface area (Å²) in [4.78, 5) is 51.1. The second-order valence-electron chi connectivity index (χ2n) is 10.4. The first-order valence-corrected chi connectivity index (χ1v) is 13.0. The van der Waals surface area contributed by atoms with Crippen LogP contribution in [0.4, 0.5) is 0 Å². The van der Waals surface area contributed by atoms with E-state index in [1.807, 2.05) is 53.4 Å². The monoisotopic (exact) mass is 494 g/mol. The molecule has 2 aliphatic rings. The Kier molecular flexibility index (Phi) is 5.99. The molecule has 7 heteroatoms. The summed E-state index contributed by atoms with van der Waals surface area (Å²) in [6.07, 6.45) is 4.85. The van der Waals surface area contributed by atoms with Crippen molar-refractivity contribution in [1.29, 1.82) is 0 Å². The maximum absolute atomic E-state index is 13.9. The van der Waals surface area contributed by atoms with E-state index in [9.17, 15) is 14.4 Å². The number of H-pyrrole nitrogens is 1. The number of hydrogen-bond acceptors (Lipinski definition) is 4. The van der Waals surface area contributed by atoms with Gasteiger partial charge in [-0.05, 0) is 60.2 Å². The van der Waals surface area contributed by atoms with Gasteiger partial charge < -0.3 is 14.8 Å². The first kappa shape index (κ1) is 23.4. The van der Waals surface area contributed by atoms with Crippen LogP contribution in [0.1, 0.15) is 48.3 Å². The standard InChI is InChI=1S/C30H30N4O3/c1-33(18-27-31-24-12-6-5-11-23(24)28(35)32-27)30(37)26-17-21-10-4-7-13-25(21)34(26)29(36)22-15-14-19-8-2-3-9-20(19)16-22/h2-3,5-6,8-9,11-12,14-16,21,25-26H,4,7,10,13,17-18H2,1H3,(H,31,32,35)/t21-,25-,26-/m0/s1. The van der Waals surface area contributed by atoms with E-state index < -0.39 is 6.04 Å². The smallest absolute Gasteiger partial charge is 0.258 e. The normalized spacial score (nSPS) is 21.2. The van der Waals surface area contributed by atoms with Gasteiger partial charge in [0.05, 0.1) is 17.4 Å². The fraction of sp³-hybridized carbons (Fsp3) is 0.333. The van der Waals surface area contributed by atoms with E-state index in [2.05, 4.69) is 9.97 Å². The number of benzene rings is 3. The summed E-state index contributed by atoms with van der Waals surface area (Å²) in [6.45, 7) is 0.169. The number of amides is 2. The van der Waals surface area contributed by atoms with Crippen LogP contribution in [0.15, 0.2) is 71.5 Å². The Labute approximate surface area is 215 Å². The van der Waals surface area contributed by atoms with Crippen LogP contribution >= 0.6 is 0 Å². The van der Waals surface area contributed by atoms with Crippen molar-refractivity contribution < 1.29 is 9.59 Å². The van der Waals surface area contributed by atoms with Gasteiger partial charge >= 0.3 is 0 Å². The molecule has 0 bridgehead atoms. The van der Waals surface area contributed by atoms with Crippen molar-refractivity contribution in [3.63, 3.8) is 0 Å². The van der Waals surface area contributed by atoms with Crippen molar-refractivity contribution in [1.82, 2.24) is 19.8 Å². The predicted molar refractivity (Wildman–Crippen MR) is 143 cm³/mol. The number of hydrogen-bond donors (Lipinski definition) is 1. The molecule has 0 spiro atoms. The molecular formula is C30H30N4O3. The molecular weight excluding hydrogens is 464 g/mol. The van der Waals surface area contributed by atoms with Gasteiger partial charge in [0.15, 0.2) is 0 Å². The summed E-state index contributed by atoms with van der Waals surface area (Å²) in [5.41, 5.74) is 0.995. The Bertz CT molecular complexity index is 1560. The number of nitrogens with zero attached hydrogens (tertiary/aromatic N) is 3. The summed E-state index contributed by atoms with van der Waals surface area (Å²) >= 11 is 0. The molecule has 1 aromatic heterocycles. The van der Waals surface area contributed by atoms with Crippen molar-refractivity contribution in [3.8, 4) is 0 Å². The van der Waals surface area contributed by atoms with Gasteiger partial charge in [-0.2, -0.15) is 0 Å². The largest absolute Gasteiger partial charge is 0.336 e. The first-order valence-electron chi connectivity index (χ1n) is 13.0. The molecule has 2 amide bonds. The zero-order valence-corrected chi connectivity index (χ0v) is 20.9. The lowest BCUT2D eigenvalue weighted by molar-refractivity contribution is -0.135. The molecule has 3 aromatic carbocycles. The van der Waals surface area contributed by atoms with Gasteiger partial charge in [0.25, 0.3) is 11.5 Å². The summed E-state index contributed by atoms with van der Waals surface area (Å²) in [7, 11) is 1.72. The Morgan fingerprint density at radius 2 is 1.76 bits per heavy atom. The Balaban J connectivity index is 1.29. The maximum atomic E-state index is 13.9. The van der Waals surface area contributed by atoms with Crippen LogP contribution in [0.2, 0.25) is 0 Å². The molecule has 4 aromatic rings. The van der Waals surface area contributed by atoms with Crippen molar-refractivity contribution in [2.24, 2.45) is 5.92 Å². The zero-order chi connectivity index (χ0) is 25.5. The Morgan fingerprint density at radius 1 is 1.00 bits per heavy atom. The van der Waals surface area contributed by atoms with E-state index in [1.165, 1.54) is 0 Å². The van der Waals surface area contributed by atoms with E-state index in [0.717, 1.165) is 36.5 Å². The number of para-hydroxylation sites is 1. The number of likely N-dealkylation sites (N-methyl/N-ethyl adjacent to an activating group) is 1. The molecule has 1 saturated carbocycles. The molecule has 1 N–H and O–H groups in total. The van der Waals surface area contributed by atoms with Gasteiger partial charge in [0.1, 0.15) is 11.9 Å². The van der Waals surface area contributed by atoms with E-state index in [0.29, 0.717) is 34.6 Å². The van der Waals surface area contributed by atoms with Crippen molar-refractivity contribution in [2.45, 2.75) is 50.7 Å². The zero-order valence-electron chi connectivity index (χ0n) is 20.9. The van der Waals surface area contributed by atoms with Crippen LogP contribution in [-0.2, 0) is 11.3 Å². The lowest BCUT2D eigenvalue weighted by atomic mass is 9.84. The van der Waals surface area contributed by atoms with Crippen LogP contribution in [0.5, 0.6) is 0 Å². The van der Waals surface area contributed by atoms with Crippen LogP contribution in [0, 0.1) is 5.92 Å². The molecule has 37 heavy (non-hydrogen) atoms. The van der Waals surface area contributed by atoms with Gasteiger partial charge in [0, 0.05) is 18.7 Å². The van der Waals surface area contributed by atoms with Crippen LogP contribution in [0.25, 0.3) is 21.7 Å². The lowest BCUT2D eigenvalue weighted by Crippen LogP contribution is -2.50. The third-order valence-corrected chi connectivity index (χ3v) is 8.03. The Hall–Kier alpha value is -4.00. The van der Waals surface area contributed by atoms with Crippen molar-refractivity contribution >= 4 is 33.5 Å². The van der Waals surface area contributed by atoms with Crippen molar-refractivity contribution in [2.75, 3.05) is 7.05 Å². The predicted octanol–water partition coefficient (Wildman–Crippen LogP) is 4.51. The average Bonchev–Trinajstić information content (AvgIpc) is 3.31. The molecule has 0 radical (unpaired) electrons. The fourth-order valence-electron chi connectivity index (χ4n) is 6.21. The van der Waals surface area contributed by atoms with Crippen molar-refractivity contribution in [3.05, 3.63) is 88.5 Å². The molecule has 2 heterocycles. The molecule has 1 aliphatic carbocycles. The van der Waals surface area contributed by atoms with Crippen LogP contribution in [-0.4, -0.2) is 50.7 Å². The molecule has 6 rings (SSSR count). The van der Waals surface area contributed by atoms with Gasteiger partial charge in [-0.15, -0.1) is 0 Å². The number of carbonyl (C=O) groups excluding carboxylic acids is 2. The number of nitrogens with one attached hydrogen (secondary N) is 1. The average molecular weight is 495 g/mol. The summed E-state index contributed by atoms with van der Waals surface area (Å²) in [5, 5.41) is 2.62. The topological polar surface area (TPSA) is 86.4 Å². The van der Waals surface area contributed by atoms with E-state index in [-0.39, 0.29) is 30.0 Å². The molecule has 2 fully saturated rings. The first-order chi connectivity index (χ1) is 18.0. The highest BCUT2D eigenvalue weighted by Crippen LogP contribution is 2.41. The second-order valence-corrected chi connectivity index (χ2v) is 10.4. The highest BCUT2D eigenvalue weighted by atomic mass is 16.2. The van der Waals surface area contributed by atoms with E-state index >= 15 is 0 Å². The number of aromatic nitrogens is 2. The minimum absolute atomic E-state index is 0.0775. The van der Waals surface area contributed by atoms with Gasteiger partial charge in [-0.1, -0.05) is 55.3 Å². The molecule has 3 atom stereocenters. The van der Waals surface area contributed by atoms with Gasteiger partial charge in [0.2, 0.25) is 5.91 Å². The summed E-state index contributed by atoms with van der Waals surface area (Å²) in [6, 6.07) is 20.5. The van der Waals surface area contributed by atoms with Gasteiger partial charge in [-0.25, -0.2) is 4.98 Å². The highest BCUT2D eigenvalue weighted by Gasteiger charge is 2.48. The van der Waals surface area contributed by atoms with E-state index in [1.54, 1.807) is 30.1 Å². The number of likely N-dealkylation sites (tertiary alicyclic amines) is 1. The highest BCUT2D eigenvalue weighted by molar-refractivity contribution is 6.01. The van der Waals surface area contributed by atoms with Crippen LogP contribution < -0.4 is 5.56 Å². The lowest BCUT2D eigenvalue weighted by Gasteiger charge is -2.34. The Morgan fingerprint density at radius 3 is 2.62 bits per heavy atom. The third-order valence-electron chi connectivity index (χ3n) is 8.03. The molecule has 1 aliphatic heterocycles. The quantitative estimate of drug-likeness (QED) is 0.452. The number of carbonyl (C=O) groups is 2. The number of rotatable bonds is 4. The minimum Gasteiger partial charge on any atom is -0.336 e. The van der Waals surface area contributed by atoms with Crippen LogP contribution in [0.3, 0.4) is 0 Å². The second kappa shape index (κ2) is 9.47. The fourth-order valence-corrected chi connectivity index (χ4v) is 6.21. The summed E-state index contributed by atoms with van der Waals surface area (Å²) in [5.74, 6) is 0.574. The summed E-state index contributed by atoms with van der Waals surface area (Å²) < 4.78 is 0. The molecule has 1 saturated heterocycles. The third kappa shape index (κ3) is 4.28. The molecule has 7 nitrogen and oxygen atoms in total. The maximum Gasteiger partial charge on any atom is 0.258 e. The molecule has 188 valence electrons. The number of aromatic amines is 1. The van der Waals surface area contributed by atoms with E-state index in [4.69, 9.17) is 0 Å².